The number of rotatable bonds is 3. The van der Waals surface area contributed by atoms with E-state index in [0.29, 0.717) is 12.3 Å². The number of para-hydroxylation sites is 1. The lowest BCUT2D eigenvalue weighted by molar-refractivity contribution is 0.198. The molecule has 1 aliphatic rings. The van der Waals surface area contributed by atoms with E-state index in [1.54, 1.807) is 6.07 Å². The molecule has 0 amide bonds. The Morgan fingerprint density at radius 2 is 2.07 bits per heavy atom. The van der Waals surface area contributed by atoms with Crippen LogP contribution in [-0.4, -0.2) is 6.10 Å². The lowest BCUT2D eigenvalue weighted by atomic mass is 10.2. The van der Waals surface area contributed by atoms with Crippen LogP contribution in [0.3, 0.4) is 0 Å². The van der Waals surface area contributed by atoms with Gasteiger partial charge in [-0.25, -0.2) is 4.39 Å². The summed E-state index contributed by atoms with van der Waals surface area (Å²) in [6.45, 7) is 0.319. The molecule has 1 saturated carbocycles. The third-order valence-corrected chi connectivity index (χ3v) is 2.86. The van der Waals surface area contributed by atoms with Gasteiger partial charge in [-0.2, -0.15) is 0 Å². The maximum Gasteiger partial charge on any atom is 0.165 e. The van der Waals surface area contributed by atoms with E-state index < -0.39 is 0 Å². The van der Waals surface area contributed by atoms with Gasteiger partial charge in [0.1, 0.15) is 0 Å². The molecule has 1 aromatic rings. The van der Waals surface area contributed by atoms with E-state index in [1.165, 1.54) is 18.9 Å². The van der Waals surface area contributed by atoms with Crippen LogP contribution in [0.1, 0.15) is 31.2 Å². The van der Waals surface area contributed by atoms with Crippen molar-refractivity contribution in [3.63, 3.8) is 0 Å². The molecule has 0 atom stereocenters. The Morgan fingerprint density at radius 1 is 1.33 bits per heavy atom. The number of hydrogen-bond acceptors (Lipinski definition) is 2. The van der Waals surface area contributed by atoms with Gasteiger partial charge < -0.3 is 10.5 Å². The van der Waals surface area contributed by atoms with Gasteiger partial charge in [0.05, 0.1) is 6.10 Å². The molecule has 2 rings (SSSR count). The second kappa shape index (κ2) is 4.62. The largest absolute Gasteiger partial charge is 0.487 e. The number of halogens is 1. The van der Waals surface area contributed by atoms with E-state index in [0.717, 1.165) is 18.4 Å². The minimum absolute atomic E-state index is 0.173. The summed E-state index contributed by atoms with van der Waals surface area (Å²) in [6.07, 6.45) is 4.58. The summed E-state index contributed by atoms with van der Waals surface area (Å²) in [6, 6.07) is 4.90. The first-order chi connectivity index (χ1) is 7.31. The quantitative estimate of drug-likeness (QED) is 0.830. The maximum atomic E-state index is 13.5. The zero-order valence-electron chi connectivity index (χ0n) is 8.71. The summed E-state index contributed by atoms with van der Waals surface area (Å²) >= 11 is 0. The predicted molar refractivity (Wildman–Crippen MR) is 57.2 cm³/mol. The van der Waals surface area contributed by atoms with E-state index >= 15 is 0 Å². The van der Waals surface area contributed by atoms with Crippen molar-refractivity contribution in [2.75, 3.05) is 0 Å². The number of hydrogen-bond donors (Lipinski definition) is 1. The molecule has 15 heavy (non-hydrogen) atoms. The lowest BCUT2D eigenvalue weighted by Gasteiger charge is -2.16. The van der Waals surface area contributed by atoms with Gasteiger partial charge in [0.2, 0.25) is 0 Å². The lowest BCUT2D eigenvalue weighted by Crippen LogP contribution is -2.14. The minimum Gasteiger partial charge on any atom is -0.487 e. The standard InChI is InChI=1S/C12H16FNO/c13-11-7-3-4-9(8-14)12(11)15-10-5-1-2-6-10/h3-4,7,10H,1-2,5-6,8,14H2. The highest BCUT2D eigenvalue weighted by atomic mass is 19.1. The van der Waals surface area contributed by atoms with Crippen LogP contribution in [-0.2, 0) is 6.54 Å². The van der Waals surface area contributed by atoms with Gasteiger partial charge in [-0.3, -0.25) is 0 Å². The second-order valence-corrected chi connectivity index (χ2v) is 3.96. The third-order valence-electron chi connectivity index (χ3n) is 2.86. The van der Waals surface area contributed by atoms with Gasteiger partial charge in [0.15, 0.2) is 11.6 Å². The Morgan fingerprint density at radius 3 is 2.73 bits per heavy atom. The molecule has 0 bridgehead atoms. The number of ether oxygens (including phenoxy) is 1. The van der Waals surface area contributed by atoms with Gasteiger partial charge in [-0.1, -0.05) is 12.1 Å². The van der Waals surface area contributed by atoms with E-state index in [4.69, 9.17) is 10.5 Å². The molecule has 82 valence electrons. The van der Waals surface area contributed by atoms with Crippen LogP contribution in [0.15, 0.2) is 18.2 Å². The molecule has 1 fully saturated rings. The van der Waals surface area contributed by atoms with Crippen LogP contribution < -0.4 is 10.5 Å². The minimum atomic E-state index is -0.301. The van der Waals surface area contributed by atoms with Crippen LogP contribution in [0.4, 0.5) is 4.39 Å². The highest BCUT2D eigenvalue weighted by Crippen LogP contribution is 2.28. The van der Waals surface area contributed by atoms with Gasteiger partial charge in [-0.05, 0) is 31.7 Å². The van der Waals surface area contributed by atoms with Crippen molar-refractivity contribution in [2.45, 2.75) is 38.3 Å². The predicted octanol–water partition coefficient (Wildman–Crippen LogP) is 2.61. The van der Waals surface area contributed by atoms with Gasteiger partial charge in [-0.15, -0.1) is 0 Å². The molecule has 0 radical (unpaired) electrons. The Hall–Kier alpha value is -1.09. The number of benzene rings is 1. The SMILES string of the molecule is NCc1cccc(F)c1OC1CCCC1. The van der Waals surface area contributed by atoms with Crippen molar-refractivity contribution in [3.05, 3.63) is 29.6 Å². The van der Waals surface area contributed by atoms with Crippen LogP contribution in [0, 0.1) is 5.82 Å². The Bertz CT molecular complexity index is 334. The summed E-state index contributed by atoms with van der Waals surface area (Å²) in [5.41, 5.74) is 6.30. The van der Waals surface area contributed by atoms with Gasteiger partial charge in [0, 0.05) is 12.1 Å². The molecule has 0 unspecified atom stereocenters. The van der Waals surface area contributed by atoms with Crippen LogP contribution in [0.2, 0.25) is 0 Å². The zero-order chi connectivity index (χ0) is 10.7. The fourth-order valence-electron chi connectivity index (χ4n) is 2.02. The maximum absolute atomic E-state index is 13.5. The first-order valence-corrected chi connectivity index (χ1v) is 5.45. The summed E-state index contributed by atoms with van der Waals surface area (Å²) < 4.78 is 19.2. The van der Waals surface area contributed by atoms with Crippen LogP contribution in [0.25, 0.3) is 0 Å². The average Bonchev–Trinajstić information content (AvgIpc) is 2.74. The molecule has 0 saturated heterocycles. The molecule has 0 aromatic heterocycles. The number of nitrogens with two attached hydrogens (primary N) is 1. The molecule has 2 N–H and O–H groups in total. The highest BCUT2D eigenvalue weighted by molar-refractivity contribution is 5.35. The first-order valence-electron chi connectivity index (χ1n) is 5.45. The van der Waals surface area contributed by atoms with E-state index in [-0.39, 0.29) is 11.9 Å². The van der Waals surface area contributed by atoms with Crippen molar-refractivity contribution in [3.8, 4) is 5.75 Å². The summed E-state index contributed by atoms with van der Waals surface area (Å²) in [5.74, 6) is 0.0525. The Balaban J connectivity index is 2.17. The van der Waals surface area contributed by atoms with Gasteiger partial charge >= 0.3 is 0 Å². The molecule has 0 aliphatic heterocycles. The fourth-order valence-corrected chi connectivity index (χ4v) is 2.02. The van der Waals surface area contributed by atoms with Crippen molar-refractivity contribution in [1.29, 1.82) is 0 Å². The van der Waals surface area contributed by atoms with Gasteiger partial charge in [0.25, 0.3) is 0 Å². The molecule has 0 heterocycles. The summed E-state index contributed by atoms with van der Waals surface area (Å²) in [7, 11) is 0. The van der Waals surface area contributed by atoms with E-state index in [2.05, 4.69) is 0 Å². The molecule has 3 heteroatoms. The topological polar surface area (TPSA) is 35.2 Å². The summed E-state index contributed by atoms with van der Waals surface area (Å²) in [4.78, 5) is 0. The average molecular weight is 209 g/mol. The van der Waals surface area contributed by atoms with Crippen molar-refractivity contribution in [2.24, 2.45) is 5.73 Å². The van der Waals surface area contributed by atoms with E-state index in [1.807, 2.05) is 6.07 Å². The van der Waals surface area contributed by atoms with Crippen molar-refractivity contribution < 1.29 is 9.13 Å². The molecular weight excluding hydrogens is 193 g/mol. The Labute approximate surface area is 89.2 Å². The Kier molecular flexibility index (Phi) is 3.21. The highest BCUT2D eigenvalue weighted by Gasteiger charge is 2.19. The fraction of sp³-hybridized carbons (Fsp3) is 0.500. The van der Waals surface area contributed by atoms with Crippen LogP contribution >= 0.6 is 0 Å². The molecule has 1 aliphatic carbocycles. The monoisotopic (exact) mass is 209 g/mol. The molecule has 1 aromatic carbocycles. The first kappa shape index (κ1) is 10.4. The van der Waals surface area contributed by atoms with Crippen LogP contribution in [0.5, 0.6) is 5.75 Å². The normalized spacial score (nSPS) is 16.9. The van der Waals surface area contributed by atoms with Crippen molar-refractivity contribution in [1.82, 2.24) is 0 Å². The van der Waals surface area contributed by atoms with Crippen molar-refractivity contribution >= 4 is 0 Å². The third kappa shape index (κ3) is 2.29. The molecule has 0 spiro atoms. The molecule has 2 nitrogen and oxygen atoms in total. The smallest absolute Gasteiger partial charge is 0.165 e. The molecular formula is C12H16FNO. The second-order valence-electron chi connectivity index (χ2n) is 3.96. The summed E-state index contributed by atoms with van der Waals surface area (Å²) in [5, 5.41) is 0. The van der Waals surface area contributed by atoms with E-state index in [9.17, 15) is 4.39 Å². The zero-order valence-corrected chi connectivity index (χ0v) is 8.71.